The quantitative estimate of drug-likeness (QED) is 0.845. The van der Waals surface area contributed by atoms with Crippen LogP contribution in [0.1, 0.15) is 39.2 Å². The highest BCUT2D eigenvalue weighted by atomic mass is 15.0. The van der Waals surface area contributed by atoms with Crippen LogP contribution in [0.4, 0.5) is 0 Å². The highest BCUT2D eigenvalue weighted by Gasteiger charge is 2.16. The molecule has 0 saturated carbocycles. The van der Waals surface area contributed by atoms with Gasteiger partial charge in [-0.25, -0.2) is 0 Å². The van der Waals surface area contributed by atoms with Crippen LogP contribution in [0.3, 0.4) is 0 Å². The summed E-state index contributed by atoms with van der Waals surface area (Å²) < 4.78 is 2.21. The molecule has 0 spiro atoms. The van der Waals surface area contributed by atoms with Gasteiger partial charge in [0.25, 0.3) is 0 Å². The molecule has 98 valence electrons. The third-order valence-electron chi connectivity index (χ3n) is 3.61. The zero-order valence-corrected chi connectivity index (χ0v) is 12.0. The van der Waals surface area contributed by atoms with Gasteiger partial charge in [-0.05, 0) is 31.9 Å². The summed E-state index contributed by atoms with van der Waals surface area (Å²) >= 11 is 0. The number of hydrogen-bond donors (Lipinski definition) is 1. The summed E-state index contributed by atoms with van der Waals surface area (Å²) in [4.78, 5) is 0. The van der Waals surface area contributed by atoms with Gasteiger partial charge in [0, 0.05) is 36.2 Å². The summed E-state index contributed by atoms with van der Waals surface area (Å²) in [6, 6.07) is 8.60. The molecule has 0 saturated heterocycles. The first-order chi connectivity index (χ1) is 8.53. The molecule has 0 aliphatic carbocycles. The normalized spacial score (nSPS) is 12.2. The highest BCUT2D eigenvalue weighted by Crippen LogP contribution is 2.21. The van der Waals surface area contributed by atoms with Crippen LogP contribution in [0.25, 0.3) is 10.9 Å². The maximum absolute atomic E-state index is 3.67. The summed E-state index contributed by atoms with van der Waals surface area (Å²) in [5.74, 6) is 0. The minimum Gasteiger partial charge on any atom is -0.350 e. The molecule has 0 unspecified atom stereocenters. The van der Waals surface area contributed by atoms with Gasteiger partial charge in [0.05, 0.1) is 0 Å². The second-order valence-corrected chi connectivity index (χ2v) is 5.77. The van der Waals surface area contributed by atoms with Crippen LogP contribution >= 0.6 is 0 Å². The average molecular weight is 244 g/mol. The Morgan fingerprint density at radius 2 is 1.94 bits per heavy atom. The monoisotopic (exact) mass is 244 g/mol. The van der Waals surface area contributed by atoms with E-state index in [1.165, 1.54) is 29.3 Å². The van der Waals surface area contributed by atoms with Crippen molar-refractivity contribution in [3.8, 4) is 0 Å². The lowest BCUT2D eigenvalue weighted by Crippen LogP contribution is -2.38. The Morgan fingerprint density at radius 3 is 2.67 bits per heavy atom. The van der Waals surface area contributed by atoms with E-state index in [1.54, 1.807) is 0 Å². The Kier molecular flexibility index (Phi) is 3.76. The molecule has 0 aliphatic heterocycles. The Labute approximate surface area is 110 Å². The second-order valence-electron chi connectivity index (χ2n) is 5.77. The van der Waals surface area contributed by atoms with Gasteiger partial charge >= 0.3 is 0 Å². The number of hydrogen-bond acceptors (Lipinski definition) is 1. The van der Waals surface area contributed by atoms with Gasteiger partial charge in [0.2, 0.25) is 0 Å². The number of nitrogens with zero attached hydrogens (tertiary/aromatic N) is 1. The van der Waals surface area contributed by atoms with Crippen LogP contribution in [0.2, 0.25) is 0 Å². The Balaban J connectivity index is 2.17. The SMILES string of the molecule is CCCC(C)(C)NCc1cn(C)c2ccccc12. The fraction of sp³-hybridized carbons (Fsp3) is 0.500. The lowest BCUT2D eigenvalue weighted by Gasteiger charge is -2.25. The predicted molar refractivity (Wildman–Crippen MR) is 78.7 cm³/mol. The predicted octanol–water partition coefficient (Wildman–Crippen LogP) is 3.85. The van der Waals surface area contributed by atoms with Gasteiger partial charge in [0.1, 0.15) is 0 Å². The topological polar surface area (TPSA) is 17.0 Å². The number of rotatable bonds is 5. The van der Waals surface area contributed by atoms with E-state index in [0.29, 0.717) is 0 Å². The molecule has 18 heavy (non-hydrogen) atoms. The van der Waals surface area contributed by atoms with Crippen molar-refractivity contribution in [1.82, 2.24) is 9.88 Å². The van der Waals surface area contributed by atoms with Crippen LogP contribution in [0.5, 0.6) is 0 Å². The minimum atomic E-state index is 0.214. The fourth-order valence-corrected chi connectivity index (χ4v) is 2.61. The number of aromatic nitrogens is 1. The maximum atomic E-state index is 3.67. The van der Waals surface area contributed by atoms with E-state index < -0.39 is 0 Å². The van der Waals surface area contributed by atoms with Crippen LogP contribution < -0.4 is 5.32 Å². The highest BCUT2D eigenvalue weighted by molar-refractivity contribution is 5.83. The third kappa shape index (κ3) is 2.75. The molecule has 2 aromatic rings. The van der Waals surface area contributed by atoms with Crippen molar-refractivity contribution in [3.63, 3.8) is 0 Å². The minimum absolute atomic E-state index is 0.214. The van der Waals surface area contributed by atoms with Crippen molar-refractivity contribution in [1.29, 1.82) is 0 Å². The van der Waals surface area contributed by atoms with Gasteiger partial charge in [-0.15, -0.1) is 0 Å². The molecule has 1 heterocycles. The van der Waals surface area contributed by atoms with E-state index in [0.717, 1.165) is 6.54 Å². The Morgan fingerprint density at radius 1 is 1.22 bits per heavy atom. The van der Waals surface area contributed by atoms with Crippen molar-refractivity contribution in [2.24, 2.45) is 7.05 Å². The number of benzene rings is 1. The Bertz CT molecular complexity index is 523. The molecular formula is C16H24N2. The zero-order valence-electron chi connectivity index (χ0n) is 12.0. The van der Waals surface area contributed by atoms with E-state index in [-0.39, 0.29) is 5.54 Å². The maximum Gasteiger partial charge on any atom is 0.0481 e. The van der Waals surface area contributed by atoms with Crippen molar-refractivity contribution in [2.75, 3.05) is 0 Å². The van der Waals surface area contributed by atoms with Crippen molar-refractivity contribution in [3.05, 3.63) is 36.0 Å². The van der Waals surface area contributed by atoms with Crippen molar-refractivity contribution < 1.29 is 0 Å². The summed E-state index contributed by atoms with van der Waals surface area (Å²) in [6.07, 6.45) is 4.66. The number of aryl methyl sites for hydroxylation is 1. The van der Waals surface area contributed by atoms with Crippen LogP contribution in [0, 0.1) is 0 Å². The lowest BCUT2D eigenvalue weighted by molar-refractivity contribution is 0.357. The van der Waals surface area contributed by atoms with E-state index in [1.807, 2.05) is 0 Å². The molecule has 0 fully saturated rings. The van der Waals surface area contributed by atoms with Gasteiger partial charge in [-0.2, -0.15) is 0 Å². The molecule has 2 nitrogen and oxygen atoms in total. The van der Waals surface area contributed by atoms with Gasteiger partial charge in [-0.3, -0.25) is 0 Å². The fourth-order valence-electron chi connectivity index (χ4n) is 2.61. The largest absolute Gasteiger partial charge is 0.350 e. The smallest absolute Gasteiger partial charge is 0.0481 e. The molecule has 0 bridgehead atoms. The standard InChI is InChI=1S/C16H24N2/c1-5-10-16(2,3)17-11-13-12-18(4)15-9-7-6-8-14(13)15/h6-9,12,17H,5,10-11H2,1-4H3. The average Bonchev–Trinajstić information content (AvgIpc) is 2.65. The van der Waals surface area contributed by atoms with E-state index in [4.69, 9.17) is 0 Å². The molecule has 1 aromatic heterocycles. The van der Waals surface area contributed by atoms with E-state index in [9.17, 15) is 0 Å². The zero-order chi connectivity index (χ0) is 13.2. The summed E-state index contributed by atoms with van der Waals surface area (Å²) in [5.41, 5.74) is 2.91. The van der Waals surface area contributed by atoms with Crippen LogP contribution in [-0.2, 0) is 13.6 Å². The molecule has 2 rings (SSSR count). The number of para-hydroxylation sites is 1. The molecule has 2 heteroatoms. The number of fused-ring (bicyclic) bond motifs is 1. The van der Waals surface area contributed by atoms with Crippen molar-refractivity contribution in [2.45, 2.75) is 45.7 Å². The summed E-state index contributed by atoms with van der Waals surface area (Å²) in [6.45, 7) is 7.74. The molecular weight excluding hydrogens is 220 g/mol. The van der Waals surface area contributed by atoms with Crippen LogP contribution in [-0.4, -0.2) is 10.1 Å². The first-order valence-electron chi connectivity index (χ1n) is 6.81. The van der Waals surface area contributed by atoms with Gasteiger partial charge < -0.3 is 9.88 Å². The first kappa shape index (κ1) is 13.2. The molecule has 0 aliphatic rings. The van der Waals surface area contributed by atoms with Gasteiger partial charge in [-0.1, -0.05) is 31.5 Å². The lowest BCUT2D eigenvalue weighted by atomic mass is 9.98. The summed E-state index contributed by atoms with van der Waals surface area (Å²) in [5, 5.41) is 5.03. The Hall–Kier alpha value is -1.28. The summed E-state index contributed by atoms with van der Waals surface area (Å²) in [7, 11) is 2.11. The molecule has 1 aromatic carbocycles. The second kappa shape index (κ2) is 5.15. The van der Waals surface area contributed by atoms with E-state index in [2.05, 4.69) is 68.2 Å². The number of nitrogens with one attached hydrogen (secondary N) is 1. The molecule has 0 radical (unpaired) electrons. The molecule has 0 amide bonds. The van der Waals surface area contributed by atoms with Crippen LogP contribution in [0.15, 0.2) is 30.5 Å². The van der Waals surface area contributed by atoms with Gasteiger partial charge in [0.15, 0.2) is 0 Å². The first-order valence-corrected chi connectivity index (χ1v) is 6.81. The van der Waals surface area contributed by atoms with Crippen molar-refractivity contribution >= 4 is 10.9 Å². The van der Waals surface area contributed by atoms with E-state index >= 15 is 0 Å². The third-order valence-corrected chi connectivity index (χ3v) is 3.61. The molecule has 1 N–H and O–H groups in total. The molecule has 0 atom stereocenters.